The largest absolute Gasteiger partial charge is 0.417 e. The van der Waals surface area contributed by atoms with Crippen molar-refractivity contribution in [3.8, 4) is 11.1 Å². The molecule has 0 fully saturated rings. The number of hydrogen-bond donors (Lipinski definition) is 1. The van der Waals surface area contributed by atoms with E-state index in [2.05, 4.69) is 4.72 Å². The Morgan fingerprint density at radius 3 is 2.24 bits per heavy atom. The van der Waals surface area contributed by atoms with Gasteiger partial charge >= 0.3 is 6.18 Å². The van der Waals surface area contributed by atoms with Crippen LogP contribution in [0.2, 0.25) is 0 Å². The zero-order valence-corrected chi connectivity index (χ0v) is 20.8. The predicted molar refractivity (Wildman–Crippen MR) is 126 cm³/mol. The molecule has 34 heavy (non-hydrogen) atoms. The lowest BCUT2D eigenvalue weighted by Crippen LogP contribution is -2.37. The van der Waals surface area contributed by atoms with Gasteiger partial charge < -0.3 is 4.57 Å². The molecular weight excluding hydrogens is 470 g/mol. The van der Waals surface area contributed by atoms with Gasteiger partial charge in [0, 0.05) is 49.3 Å². The molecule has 0 aliphatic heterocycles. The molecule has 0 aliphatic carbocycles. The van der Waals surface area contributed by atoms with Crippen LogP contribution in [0.15, 0.2) is 42.6 Å². The van der Waals surface area contributed by atoms with Crippen molar-refractivity contribution in [2.75, 3.05) is 14.1 Å². The van der Waals surface area contributed by atoms with Gasteiger partial charge in [0.2, 0.25) is 0 Å². The Bertz CT molecular complexity index is 1310. The SMILES string of the molecule is C[C@@H](NS(=O)(=O)N(C)C)c1cn(CC(C)(C)C)c2cc(-c3ccccc3C(F)(F)F)c(F)cc12. The highest BCUT2D eigenvalue weighted by atomic mass is 32.2. The van der Waals surface area contributed by atoms with Crippen LogP contribution in [0.25, 0.3) is 22.0 Å². The Balaban J connectivity index is 2.26. The fourth-order valence-electron chi connectivity index (χ4n) is 3.89. The van der Waals surface area contributed by atoms with Crippen molar-refractivity contribution in [2.45, 2.75) is 46.5 Å². The second-order valence-electron chi connectivity index (χ2n) is 9.79. The molecule has 0 spiro atoms. The number of halogens is 4. The van der Waals surface area contributed by atoms with Crippen molar-refractivity contribution < 1.29 is 26.0 Å². The van der Waals surface area contributed by atoms with E-state index >= 15 is 4.39 Å². The summed E-state index contributed by atoms with van der Waals surface area (Å²) in [6.07, 6.45) is -2.91. The molecule has 3 aromatic rings. The predicted octanol–water partition coefficient (Wildman–Crippen LogP) is 5.97. The lowest BCUT2D eigenvalue weighted by atomic mass is 9.96. The fourth-order valence-corrected chi connectivity index (χ4v) is 4.67. The number of aromatic nitrogens is 1. The Hall–Kier alpha value is -2.43. The first-order chi connectivity index (χ1) is 15.5. The van der Waals surface area contributed by atoms with Crippen LogP contribution in [0.1, 0.15) is 44.9 Å². The maximum Gasteiger partial charge on any atom is 0.417 e. The highest BCUT2D eigenvalue weighted by molar-refractivity contribution is 7.87. The van der Waals surface area contributed by atoms with Crippen LogP contribution in [-0.2, 0) is 22.9 Å². The first-order valence-electron chi connectivity index (χ1n) is 10.7. The monoisotopic (exact) mass is 499 g/mol. The minimum Gasteiger partial charge on any atom is -0.347 e. The van der Waals surface area contributed by atoms with Gasteiger partial charge in [0.1, 0.15) is 5.82 Å². The average molecular weight is 500 g/mol. The maximum absolute atomic E-state index is 15.3. The van der Waals surface area contributed by atoms with Gasteiger partial charge in [-0.3, -0.25) is 0 Å². The van der Waals surface area contributed by atoms with E-state index in [0.29, 0.717) is 23.0 Å². The molecule has 0 amide bonds. The second-order valence-corrected chi connectivity index (χ2v) is 11.7. The summed E-state index contributed by atoms with van der Waals surface area (Å²) in [6, 6.07) is 6.77. The molecule has 1 aromatic heterocycles. The van der Waals surface area contributed by atoms with Crippen LogP contribution in [0.3, 0.4) is 0 Å². The molecule has 0 radical (unpaired) electrons. The van der Waals surface area contributed by atoms with E-state index in [1.54, 1.807) is 13.1 Å². The molecular formula is C24H29F4N3O2S. The molecule has 0 unspecified atom stereocenters. The smallest absolute Gasteiger partial charge is 0.347 e. The highest BCUT2D eigenvalue weighted by Gasteiger charge is 2.34. The standard InChI is InChI=1S/C24H29F4N3O2S/c1-15(29-34(32,33)30(5)6)19-13-31(14-23(2,3)4)22-12-17(21(25)11-18(19)22)16-9-7-8-10-20(16)24(26,27)28/h7-13,15,29H,14H2,1-6H3/t15-/m1/s1. The van der Waals surface area contributed by atoms with Gasteiger partial charge in [-0.1, -0.05) is 39.0 Å². The first kappa shape index (κ1) is 26.2. The summed E-state index contributed by atoms with van der Waals surface area (Å²) in [4.78, 5) is 0. The summed E-state index contributed by atoms with van der Waals surface area (Å²) in [5, 5.41) is 0.434. The van der Waals surface area contributed by atoms with E-state index in [-0.39, 0.29) is 16.5 Å². The van der Waals surface area contributed by atoms with Crippen molar-refractivity contribution in [2.24, 2.45) is 5.41 Å². The molecule has 10 heteroatoms. The van der Waals surface area contributed by atoms with Crippen LogP contribution < -0.4 is 4.72 Å². The van der Waals surface area contributed by atoms with E-state index in [1.807, 2.05) is 25.3 Å². The van der Waals surface area contributed by atoms with Crippen LogP contribution >= 0.6 is 0 Å². The number of nitrogens with zero attached hydrogens (tertiary/aromatic N) is 2. The topological polar surface area (TPSA) is 54.3 Å². The van der Waals surface area contributed by atoms with E-state index in [1.165, 1.54) is 44.4 Å². The van der Waals surface area contributed by atoms with Crippen molar-refractivity contribution in [1.29, 1.82) is 0 Å². The lowest BCUT2D eigenvalue weighted by Gasteiger charge is -2.20. The van der Waals surface area contributed by atoms with E-state index in [0.717, 1.165) is 10.4 Å². The molecule has 1 N–H and O–H groups in total. The molecule has 3 rings (SSSR count). The summed E-state index contributed by atoms with van der Waals surface area (Å²) in [5.41, 5.74) is -0.487. The molecule has 5 nitrogen and oxygen atoms in total. The third-order valence-electron chi connectivity index (χ3n) is 5.44. The zero-order chi connectivity index (χ0) is 25.6. The minimum absolute atomic E-state index is 0.165. The molecule has 0 saturated carbocycles. The average Bonchev–Trinajstić information content (AvgIpc) is 3.02. The van der Waals surface area contributed by atoms with Crippen molar-refractivity contribution in [3.05, 3.63) is 59.5 Å². The lowest BCUT2D eigenvalue weighted by molar-refractivity contribution is -0.137. The Kier molecular flexibility index (Phi) is 6.91. The normalized spacial score (nSPS) is 14.2. The van der Waals surface area contributed by atoms with Gasteiger partial charge in [0.15, 0.2) is 0 Å². The maximum atomic E-state index is 15.3. The number of fused-ring (bicyclic) bond motifs is 1. The third-order valence-corrected chi connectivity index (χ3v) is 7.05. The summed E-state index contributed by atoms with van der Waals surface area (Å²) < 4.78 is 86.3. The molecule has 0 aliphatic rings. The molecule has 186 valence electrons. The Labute approximate surface area is 197 Å². The molecule has 1 atom stereocenters. The first-order valence-corrected chi connectivity index (χ1v) is 12.1. The highest BCUT2D eigenvalue weighted by Crippen LogP contribution is 2.40. The molecule has 1 heterocycles. The fraction of sp³-hybridized carbons (Fsp3) is 0.417. The van der Waals surface area contributed by atoms with Gasteiger partial charge in [-0.15, -0.1) is 0 Å². The second kappa shape index (κ2) is 8.98. The van der Waals surface area contributed by atoms with E-state index in [4.69, 9.17) is 0 Å². The van der Waals surface area contributed by atoms with E-state index in [9.17, 15) is 21.6 Å². The van der Waals surface area contributed by atoms with Gasteiger partial charge in [0.25, 0.3) is 10.2 Å². The summed E-state index contributed by atoms with van der Waals surface area (Å²) in [5.74, 6) is -0.818. The third kappa shape index (κ3) is 5.45. The van der Waals surface area contributed by atoms with Gasteiger partial charge in [-0.05, 0) is 41.7 Å². The van der Waals surface area contributed by atoms with Crippen LogP contribution in [-0.4, -0.2) is 31.4 Å². The number of alkyl halides is 3. The zero-order valence-electron chi connectivity index (χ0n) is 20.0. The van der Waals surface area contributed by atoms with E-state index < -0.39 is 33.8 Å². The van der Waals surface area contributed by atoms with Crippen molar-refractivity contribution in [1.82, 2.24) is 13.6 Å². The summed E-state index contributed by atoms with van der Waals surface area (Å²) in [7, 11) is -0.986. The molecule has 2 aromatic carbocycles. The Morgan fingerprint density at radius 1 is 1.06 bits per heavy atom. The molecule has 0 bridgehead atoms. The number of rotatable bonds is 6. The number of hydrogen-bond acceptors (Lipinski definition) is 2. The van der Waals surface area contributed by atoms with Crippen molar-refractivity contribution in [3.63, 3.8) is 0 Å². The van der Waals surface area contributed by atoms with Gasteiger partial charge in [-0.2, -0.15) is 30.6 Å². The van der Waals surface area contributed by atoms with Crippen molar-refractivity contribution >= 4 is 21.1 Å². The quantitative estimate of drug-likeness (QED) is 0.425. The number of nitrogens with one attached hydrogen (secondary N) is 1. The molecule has 0 saturated heterocycles. The van der Waals surface area contributed by atoms with Crippen LogP contribution in [0.4, 0.5) is 17.6 Å². The summed E-state index contributed by atoms with van der Waals surface area (Å²) >= 11 is 0. The van der Waals surface area contributed by atoms with Crippen LogP contribution in [0.5, 0.6) is 0 Å². The Morgan fingerprint density at radius 2 is 1.68 bits per heavy atom. The minimum atomic E-state index is -4.64. The van der Waals surface area contributed by atoms with Gasteiger partial charge in [0.05, 0.1) is 5.56 Å². The summed E-state index contributed by atoms with van der Waals surface area (Å²) in [6.45, 7) is 8.13. The van der Waals surface area contributed by atoms with Gasteiger partial charge in [-0.25, -0.2) is 4.39 Å². The number of benzene rings is 2. The van der Waals surface area contributed by atoms with Crippen LogP contribution in [0, 0.1) is 11.2 Å².